The molecule has 0 aliphatic carbocycles. The number of rotatable bonds is 2. The van der Waals surface area contributed by atoms with Gasteiger partial charge >= 0.3 is 6.03 Å². The van der Waals surface area contributed by atoms with Crippen molar-refractivity contribution in [2.75, 3.05) is 19.0 Å². The first-order chi connectivity index (χ1) is 12.3. The molecule has 7 heteroatoms. The van der Waals surface area contributed by atoms with Crippen molar-refractivity contribution in [1.82, 2.24) is 9.88 Å². The minimum atomic E-state index is -0.551. The predicted molar refractivity (Wildman–Crippen MR) is 101 cm³/mol. The average molecular weight is 376 g/mol. The Morgan fingerprint density at radius 3 is 2.81 bits per heavy atom. The lowest BCUT2D eigenvalue weighted by atomic mass is 10.1. The van der Waals surface area contributed by atoms with Crippen LogP contribution in [0.4, 0.5) is 10.5 Å². The number of aryl methyl sites for hydroxylation is 1. The van der Waals surface area contributed by atoms with Crippen molar-refractivity contribution >= 4 is 23.3 Å². The van der Waals surface area contributed by atoms with E-state index in [4.69, 9.17) is 21.1 Å². The van der Waals surface area contributed by atoms with Gasteiger partial charge in [0.05, 0.1) is 25.9 Å². The quantitative estimate of drug-likeness (QED) is 0.797. The Kier molecular flexibility index (Phi) is 4.96. The molecular weight excluding hydrogens is 354 g/mol. The number of carbonyl (C=O) groups is 1. The van der Waals surface area contributed by atoms with Crippen LogP contribution in [0.5, 0.6) is 11.5 Å². The van der Waals surface area contributed by atoms with Crippen molar-refractivity contribution in [3.05, 3.63) is 46.7 Å². The van der Waals surface area contributed by atoms with Crippen molar-refractivity contribution in [2.45, 2.75) is 32.9 Å². The molecule has 0 radical (unpaired) electrons. The molecule has 138 valence electrons. The lowest BCUT2D eigenvalue weighted by molar-refractivity contribution is 0.0833. The summed E-state index contributed by atoms with van der Waals surface area (Å²) in [5.74, 6) is 1.44. The van der Waals surface area contributed by atoms with E-state index in [9.17, 15) is 4.79 Å². The van der Waals surface area contributed by atoms with Crippen LogP contribution in [0.2, 0.25) is 5.15 Å². The third-order valence-corrected chi connectivity index (χ3v) is 4.40. The molecule has 1 aliphatic rings. The topological polar surface area (TPSA) is 63.7 Å². The summed E-state index contributed by atoms with van der Waals surface area (Å²) >= 11 is 6.13. The second-order valence-corrected chi connectivity index (χ2v) is 7.27. The molecule has 3 rings (SSSR count). The van der Waals surface area contributed by atoms with Crippen molar-refractivity contribution < 1.29 is 14.3 Å². The van der Waals surface area contributed by atoms with Gasteiger partial charge in [0.1, 0.15) is 17.1 Å². The number of hydrogen-bond acceptors (Lipinski definition) is 4. The Balaban J connectivity index is 1.85. The van der Waals surface area contributed by atoms with Crippen LogP contribution in [0.1, 0.15) is 25.1 Å². The largest absolute Gasteiger partial charge is 0.497 e. The lowest BCUT2D eigenvalue weighted by Crippen LogP contribution is -2.44. The van der Waals surface area contributed by atoms with Gasteiger partial charge in [-0.1, -0.05) is 11.6 Å². The number of pyridine rings is 1. The maximum atomic E-state index is 12.8. The number of amides is 2. The Morgan fingerprint density at radius 1 is 1.35 bits per heavy atom. The molecule has 2 amide bonds. The molecule has 0 bridgehead atoms. The highest BCUT2D eigenvalue weighted by Crippen LogP contribution is 2.33. The smallest absolute Gasteiger partial charge is 0.322 e. The van der Waals surface area contributed by atoms with Crippen LogP contribution in [0, 0.1) is 6.92 Å². The standard InChI is InChI=1S/C19H22ClN3O3/c1-12-5-8-15(17(20)21-12)22-18(24)23-10-13-6-7-14(25-4)9-16(13)26-19(2,3)11-23/h5-9H,10-11H2,1-4H3,(H,22,24). The minimum absolute atomic E-state index is 0.252. The van der Waals surface area contributed by atoms with Gasteiger partial charge in [-0.2, -0.15) is 0 Å². The van der Waals surface area contributed by atoms with Crippen LogP contribution in [0.15, 0.2) is 30.3 Å². The van der Waals surface area contributed by atoms with E-state index in [1.807, 2.05) is 39.0 Å². The van der Waals surface area contributed by atoms with Gasteiger partial charge in [0, 0.05) is 17.3 Å². The maximum Gasteiger partial charge on any atom is 0.322 e. The summed E-state index contributed by atoms with van der Waals surface area (Å²) in [4.78, 5) is 18.7. The van der Waals surface area contributed by atoms with E-state index < -0.39 is 5.60 Å². The molecule has 1 aliphatic heterocycles. The van der Waals surface area contributed by atoms with E-state index in [2.05, 4.69) is 10.3 Å². The van der Waals surface area contributed by atoms with E-state index in [1.54, 1.807) is 24.1 Å². The van der Waals surface area contributed by atoms with Crippen LogP contribution in [0.25, 0.3) is 0 Å². The number of nitrogens with one attached hydrogen (secondary N) is 1. The molecule has 2 heterocycles. The van der Waals surface area contributed by atoms with Gasteiger partial charge in [-0.15, -0.1) is 0 Å². The maximum absolute atomic E-state index is 12.8. The summed E-state index contributed by atoms with van der Waals surface area (Å²) in [5.41, 5.74) is 1.64. The summed E-state index contributed by atoms with van der Waals surface area (Å²) < 4.78 is 11.4. The van der Waals surface area contributed by atoms with Gasteiger partial charge in [-0.25, -0.2) is 9.78 Å². The molecule has 1 aromatic carbocycles. The van der Waals surface area contributed by atoms with Crippen molar-refractivity contribution in [1.29, 1.82) is 0 Å². The fraction of sp³-hybridized carbons (Fsp3) is 0.368. The van der Waals surface area contributed by atoms with E-state index in [0.717, 1.165) is 22.8 Å². The Labute approximate surface area is 158 Å². The molecular formula is C19H22ClN3O3. The third kappa shape index (κ3) is 4.02. The number of methoxy groups -OCH3 is 1. The van der Waals surface area contributed by atoms with Crippen LogP contribution < -0.4 is 14.8 Å². The second kappa shape index (κ2) is 7.03. The molecule has 6 nitrogen and oxygen atoms in total. The molecule has 0 saturated carbocycles. The number of carbonyl (C=O) groups excluding carboxylic acids is 1. The number of nitrogens with zero attached hydrogens (tertiary/aromatic N) is 2. The number of halogens is 1. The number of ether oxygens (including phenoxy) is 2. The predicted octanol–water partition coefficient (Wildman–Crippen LogP) is 4.26. The average Bonchev–Trinajstić information content (AvgIpc) is 2.71. The van der Waals surface area contributed by atoms with Crippen LogP contribution in [-0.2, 0) is 6.54 Å². The van der Waals surface area contributed by atoms with E-state index in [-0.39, 0.29) is 11.2 Å². The van der Waals surface area contributed by atoms with Crippen LogP contribution in [-0.4, -0.2) is 35.2 Å². The summed E-state index contributed by atoms with van der Waals surface area (Å²) in [6, 6.07) is 8.92. The van der Waals surface area contributed by atoms with Crippen molar-refractivity contribution in [3.63, 3.8) is 0 Å². The first-order valence-electron chi connectivity index (χ1n) is 8.32. The Morgan fingerprint density at radius 2 is 2.12 bits per heavy atom. The van der Waals surface area contributed by atoms with Crippen LogP contribution >= 0.6 is 11.6 Å². The summed E-state index contributed by atoms with van der Waals surface area (Å²) in [7, 11) is 1.61. The SMILES string of the molecule is COc1ccc2c(c1)OC(C)(C)CN(C(=O)Nc1ccc(C)nc1Cl)C2. The molecule has 0 unspecified atom stereocenters. The zero-order chi connectivity index (χ0) is 18.9. The first-order valence-corrected chi connectivity index (χ1v) is 8.70. The molecule has 1 aromatic heterocycles. The van der Waals surface area contributed by atoms with Crippen molar-refractivity contribution in [3.8, 4) is 11.5 Å². The highest BCUT2D eigenvalue weighted by atomic mass is 35.5. The zero-order valence-corrected chi connectivity index (χ0v) is 16.1. The normalized spacial score (nSPS) is 15.5. The molecule has 0 spiro atoms. The second-order valence-electron chi connectivity index (χ2n) is 6.91. The first kappa shape index (κ1) is 18.3. The van der Waals surface area contributed by atoms with Gasteiger partial charge < -0.3 is 19.7 Å². The molecule has 2 aromatic rings. The number of anilines is 1. The van der Waals surface area contributed by atoms with Crippen molar-refractivity contribution in [2.24, 2.45) is 0 Å². The summed E-state index contributed by atoms with van der Waals surface area (Å²) in [6.45, 7) is 6.58. The molecule has 1 N–H and O–H groups in total. The number of benzene rings is 1. The van der Waals surface area contributed by atoms with Gasteiger partial charge in [0.2, 0.25) is 0 Å². The lowest BCUT2D eigenvalue weighted by Gasteiger charge is -2.29. The fourth-order valence-corrected chi connectivity index (χ4v) is 3.14. The minimum Gasteiger partial charge on any atom is -0.497 e. The van der Waals surface area contributed by atoms with Crippen LogP contribution in [0.3, 0.4) is 0 Å². The van der Waals surface area contributed by atoms with Gasteiger partial charge in [-0.3, -0.25) is 0 Å². The summed E-state index contributed by atoms with van der Waals surface area (Å²) in [5, 5.41) is 3.11. The Bertz CT molecular complexity index is 839. The Hall–Kier alpha value is -2.47. The van der Waals surface area contributed by atoms with E-state index in [0.29, 0.717) is 18.8 Å². The molecule has 26 heavy (non-hydrogen) atoms. The number of fused-ring (bicyclic) bond motifs is 1. The highest BCUT2D eigenvalue weighted by molar-refractivity contribution is 6.32. The third-order valence-electron chi connectivity index (χ3n) is 4.11. The molecule has 0 saturated heterocycles. The number of hydrogen-bond donors (Lipinski definition) is 1. The molecule has 0 atom stereocenters. The number of aromatic nitrogens is 1. The number of urea groups is 1. The van der Waals surface area contributed by atoms with E-state index in [1.165, 1.54) is 0 Å². The highest BCUT2D eigenvalue weighted by Gasteiger charge is 2.32. The molecule has 0 fully saturated rings. The van der Waals surface area contributed by atoms with Gasteiger partial charge in [-0.05, 0) is 45.0 Å². The summed E-state index contributed by atoms with van der Waals surface area (Å²) in [6.07, 6.45) is 0. The zero-order valence-electron chi connectivity index (χ0n) is 15.3. The fourth-order valence-electron chi connectivity index (χ4n) is 2.89. The van der Waals surface area contributed by atoms with Gasteiger partial charge in [0.15, 0.2) is 5.15 Å². The van der Waals surface area contributed by atoms with Gasteiger partial charge in [0.25, 0.3) is 0 Å². The van der Waals surface area contributed by atoms with E-state index >= 15 is 0 Å². The monoisotopic (exact) mass is 375 g/mol.